The third kappa shape index (κ3) is 5.38. The lowest BCUT2D eigenvalue weighted by molar-refractivity contribution is 0.199. The Kier molecular flexibility index (Phi) is 7.86. The van der Waals surface area contributed by atoms with Gasteiger partial charge in [0.2, 0.25) is 0 Å². The van der Waals surface area contributed by atoms with Gasteiger partial charge in [-0.25, -0.2) is 0 Å². The van der Waals surface area contributed by atoms with E-state index in [0.29, 0.717) is 6.04 Å². The van der Waals surface area contributed by atoms with Gasteiger partial charge in [0.05, 0.1) is 13.7 Å². The summed E-state index contributed by atoms with van der Waals surface area (Å²) in [7, 11) is 1.69. The molecule has 0 amide bonds. The second-order valence-corrected chi connectivity index (χ2v) is 5.42. The average molecular weight is 315 g/mol. The molecule has 1 fully saturated rings. The quantitative estimate of drug-likeness (QED) is 0.875. The van der Waals surface area contributed by atoms with Gasteiger partial charge in [0, 0.05) is 32.2 Å². The van der Waals surface area contributed by atoms with E-state index in [1.54, 1.807) is 7.11 Å². The molecule has 2 rings (SSSR count). The molecule has 1 aliphatic rings. The van der Waals surface area contributed by atoms with Crippen molar-refractivity contribution in [2.75, 3.05) is 33.4 Å². The van der Waals surface area contributed by atoms with Gasteiger partial charge in [-0.2, -0.15) is 0 Å². The molecule has 0 saturated carbocycles. The van der Waals surface area contributed by atoms with Crippen LogP contribution in [-0.2, 0) is 6.54 Å². The molecule has 120 valence electrons. The van der Waals surface area contributed by atoms with Gasteiger partial charge in [-0.15, -0.1) is 12.4 Å². The highest BCUT2D eigenvalue weighted by Crippen LogP contribution is 2.28. The summed E-state index contributed by atoms with van der Waals surface area (Å²) in [6, 6.07) is 6.81. The van der Waals surface area contributed by atoms with Crippen molar-refractivity contribution in [2.45, 2.75) is 32.9 Å². The number of rotatable bonds is 6. The summed E-state index contributed by atoms with van der Waals surface area (Å²) < 4.78 is 11.1. The van der Waals surface area contributed by atoms with Crippen LogP contribution in [0.25, 0.3) is 0 Å². The normalized spacial score (nSPS) is 18.9. The van der Waals surface area contributed by atoms with Crippen molar-refractivity contribution >= 4 is 12.4 Å². The highest BCUT2D eigenvalue weighted by molar-refractivity contribution is 5.85. The fourth-order valence-electron chi connectivity index (χ4n) is 2.56. The smallest absolute Gasteiger partial charge is 0.161 e. The molecule has 1 aromatic carbocycles. The summed E-state index contributed by atoms with van der Waals surface area (Å²) in [5, 5.41) is 3.47. The predicted octanol–water partition coefficient (Wildman–Crippen LogP) is 2.70. The summed E-state index contributed by atoms with van der Waals surface area (Å²) in [5.41, 5.74) is 1.28. The van der Waals surface area contributed by atoms with Crippen LogP contribution in [0.5, 0.6) is 11.5 Å². The lowest BCUT2D eigenvalue weighted by atomic mass is 10.1. The van der Waals surface area contributed by atoms with E-state index in [2.05, 4.69) is 36.2 Å². The minimum absolute atomic E-state index is 0. The average Bonchev–Trinajstić information content (AvgIpc) is 2.45. The molecule has 0 spiro atoms. The third-order valence-corrected chi connectivity index (χ3v) is 3.55. The zero-order valence-electron chi connectivity index (χ0n) is 13.2. The Hall–Kier alpha value is -0.970. The van der Waals surface area contributed by atoms with Crippen molar-refractivity contribution in [1.82, 2.24) is 10.2 Å². The number of hydrogen-bond donors (Lipinski definition) is 1. The Bertz CT molecular complexity index is 429. The SMILES string of the molecule is CCCOc1cc(CN2CCN[C@@H](C)C2)ccc1OC.Cl. The zero-order chi connectivity index (χ0) is 14.4. The molecule has 1 saturated heterocycles. The highest BCUT2D eigenvalue weighted by atomic mass is 35.5. The van der Waals surface area contributed by atoms with Crippen LogP contribution in [0.4, 0.5) is 0 Å². The van der Waals surface area contributed by atoms with Gasteiger partial charge >= 0.3 is 0 Å². The molecular weight excluding hydrogens is 288 g/mol. The fraction of sp³-hybridized carbons (Fsp3) is 0.625. The van der Waals surface area contributed by atoms with Crippen LogP contribution in [0, 0.1) is 0 Å². The van der Waals surface area contributed by atoms with E-state index in [1.807, 2.05) is 6.07 Å². The largest absolute Gasteiger partial charge is 0.493 e. The van der Waals surface area contributed by atoms with Gasteiger partial charge in [0.25, 0.3) is 0 Å². The molecule has 0 aliphatic carbocycles. The summed E-state index contributed by atoms with van der Waals surface area (Å²) in [6.45, 7) is 9.30. The van der Waals surface area contributed by atoms with Crippen molar-refractivity contribution in [3.8, 4) is 11.5 Å². The number of piperazine rings is 1. The van der Waals surface area contributed by atoms with E-state index in [-0.39, 0.29) is 12.4 Å². The maximum Gasteiger partial charge on any atom is 0.161 e. The Morgan fingerprint density at radius 2 is 2.14 bits per heavy atom. The van der Waals surface area contributed by atoms with Crippen LogP contribution in [0.1, 0.15) is 25.8 Å². The Morgan fingerprint density at radius 1 is 1.33 bits per heavy atom. The van der Waals surface area contributed by atoms with Gasteiger partial charge in [-0.05, 0) is 31.0 Å². The molecule has 0 bridgehead atoms. The van der Waals surface area contributed by atoms with Crippen LogP contribution >= 0.6 is 12.4 Å². The van der Waals surface area contributed by atoms with Gasteiger partial charge in [0.15, 0.2) is 11.5 Å². The molecule has 0 unspecified atom stereocenters. The van der Waals surface area contributed by atoms with Crippen molar-refractivity contribution in [2.24, 2.45) is 0 Å². The molecule has 1 heterocycles. The number of halogens is 1. The van der Waals surface area contributed by atoms with Crippen LogP contribution in [0.15, 0.2) is 18.2 Å². The summed E-state index contributed by atoms with van der Waals surface area (Å²) >= 11 is 0. The van der Waals surface area contributed by atoms with E-state index >= 15 is 0 Å². The molecule has 1 N–H and O–H groups in total. The summed E-state index contributed by atoms with van der Waals surface area (Å²) in [4.78, 5) is 2.48. The van der Waals surface area contributed by atoms with E-state index in [0.717, 1.165) is 50.7 Å². The van der Waals surface area contributed by atoms with E-state index in [9.17, 15) is 0 Å². The van der Waals surface area contributed by atoms with Crippen molar-refractivity contribution in [3.63, 3.8) is 0 Å². The van der Waals surface area contributed by atoms with Crippen LogP contribution in [0.3, 0.4) is 0 Å². The van der Waals surface area contributed by atoms with Gasteiger partial charge in [-0.3, -0.25) is 4.90 Å². The summed E-state index contributed by atoms with van der Waals surface area (Å²) in [6.07, 6.45) is 1.00. The number of nitrogens with one attached hydrogen (secondary N) is 1. The zero-order valence-corrected chi connectivity index (χ0v) is 14.0. The first-order valence-electron chi connectivity index (χ1n) is 7.48. The maximum absolute atomic E-state index is 5.77. The predicted molar refractivity (Wildman–Crippen MR) is 88.8 cm³/mol. The van der Waals surface area contributed by atoms with E-state index in [4.69, 9.17) is 9.47 Å². The molecule has 1 aromatic rings. The van der Waals surface area contributed by atoms with Crippen molar-refractivity contribution < 1.29 is 9.47 Å². The standard InChI is InChI=1S/C16H26N2O2.ClH/c1-4-9-20-16-10-14(5-6-15(16)19-3)12-18-8-7-17-13(2)11-18;/h5-6,10,13,17H,4,7-9,11-12H2,1-3H3;1H/t13-;/m0./s1. The van der Waals surface area contributed by atoms with Gasteiger partial charge in [0.1, 0.15) is 0 Å². The molecule has 4 nitrogen and oxygen atoms in total. The number of nitrogens with zero attached hydrogens (tertiary/aromatic N) is 1. The van der Waals surface area contributed by atoms with E-state index in [1.165, 1.54) is 5.56 Å². The second-order valence-electron chi connectivity index (χ2n) is 5.42. The highest BCUT2D eigenvalue weighted by Gasteiger charge is 2.16. The first-order valence-corrected chi connectivity index (χ1v) is 7.48. The van der Waals surface area contributed by atoms with Gasteiger partial charge < -0.3 is 14.8 Å². The van der Waals surface area contributed by atoms with E-state index < -0.39 is 0 Å². The molecule has 1 aliphatic heterocycles. The second kappa shape index (κ2) is 9.13. The first kappa shape index (κ1) is 18.1. The Labute approximate surface area is 134 Å². The number of benzene rings is 1. The minimum Gasteiger partial charge on any atom is -0.493 e. The third-order valence-electron chi connectivity index (χ3n) is 3.55. The van der Waals surface area contributed by atoms with Crippen LogP contribution in [-0.4, -0.2) is 44.3 Å². The Morgan fingerprint density at radius 3 is 2.81 bits per heavy atom. The lowest BCUT2D eigenvalue weighted by Gasteiger charge is -2.31. The maximum atomic E-state index is 5.77. The number of hydrogen-bond acceptors (Lipinski definition) is 4. The van der Waals surface area contributed by atoms with Gasteiger partial charge in [-0.1, -0.05) is 13.0 Å². The monoisotopic (exact) mass is 314 g/mol. The number of ether oxygens (including phenoxy) is 2. The molecule has 0 aromatic heterocycles. The first-order chi connectivity index (χ1) is 9.72. The molecule has 0 radical (unpaired) electrons. The fourth-order valence-corrected chi connectivity index (χ4v) is 2.56. The Balaban J connectivity index is 0.00000220. The van der Waals surface area contributed by atoms with Crippen LogP contribution in [0.2, 0.25) is 0 Å². The number of methoxy groups -OCH3 is 1. The topological polar surface area (TPSA) is 33.7 Å². The van der Waals surface area contributed by atoms with Crippen LogP contribution < -0.4 is 14.8 Å². The molecular formula is C16H27ClN2O2. The summed E-state index contributed by atoms with van der Waals surface area (Å²) in [5.74, 6) is 1.67. The molecule has 1 atom stereocenters. The van der Waals surface area contributed by atoms with Crippen molar-refractivity contribution in [3.05, 3.63) is 23.8 Å². The lowest BCUT2D eigenvalue weighted by Crippen LogP contribution is -2.48. The molecule has 21 heavy (non-hydrogen) atoms. The molecule has 5 heteroatoms. The van der Waals surface area contributed by atoms with Crippen molar-refractivity contribution in [1.29, 1.82) is 0 Å². The minimum atomic E-state index is 0.